The Hall–Kier alpha value is -1.72. The molecule has 0 radical (unpaired) electrons. The van der Waals surface area contributed by atoms with E-state index in [0.29, 0.717) is 24.7 Å². The molecule has 108 valence electrons. The Morgan fingerprint density at radius 2 is 2.20 bits per heavy atom. The van der Waals surface area contributed by atoms with E-state index in [-0.39, 0.29) is 5.82 Å². The highest BCUT2D eigenvalue weighted by Gasteiger charge is 2.09. The summed E-state index contributed by atoms with van der Waals surface area (Å²) in [5, 5.41) is 3.22. The standard InChI is InChI=1S/C15H19FN2O2/c1-11-3-4-12(16)9-13(11)14-10-18-15(20-14)5-6-17-7-8-19-2/h3-4,9-10,17H,5-8H2,1-2H3. The van der Waals surface area contributed by atoms with Crippen molar-refractivity contribution < 1.29 is 13.5 Å². The molecule has 0 bridgehead atoms. The Balaban J connectivity index is 1.96. The minimum absolute atomic E-state index is 0.273. The first kappa shape index (κ1) is 14.7. The molecule has 0 atom stereocenters. The molecule has 0 unspecified atom stereocenters. The van der Waals surface area contributed by atoms with Gasteiger partial charge in [-0.2, -0.15) is 0 Å². The third kappa shape index (κ3) is 3.88. The monoisotopic (exact) mass is 278 g/mol. The molecular formula is C15H19FN2O2. The Morgan fingerprint density at radius 1 is 1.35 bits per heavy atom. The van der Waals surface area contributed by atoms with E-state index in [9.17, 15) is 4.39 Å². The van der Waals surface area contributed by atoms with Gasteiger partial charge in [0, 0.05) is 32.2 Å². The van der Waals surface area contributed by atoms with Crippen LogP contribution in [0.25, 0.3) is 11.3 Å². The number of nitrogens with one attached hydrogen (secondary N) is 1. The van der Waals surface area contributed by atoms with Crippen LogP contribution in [-0.2, 0) is 11.2 Å². The maximum atomic E-state index is 13.3. The minimum Gasteiger partial charge on any atom is -0.441 e. The summed E-state index contributed by atoms with van der Waals surface area (Å²) >= 11 is 0. The fourth-order valence-electron chi connectivity index (χ4n) is 1.90. The lowest BCUT2D eigenvalue weighted by Crippen LogP contribution is -2.21. The number of nitrogens with zero attached hydrogens (tertiary/aromatic N) is 1. The Bertz CT molecular complexity index is 555. The highest BCUT2D eigenvalue weighted by molar-refractivity contribution is 5.61. The normalized spacial score (nSPS) is 10.9. The average molecular weight is 278 g/mol. The summed E-state index contributed by atoms with van der Waals surface area (Å²) in [7, 11) is 1.67. The molecule has 20 heavy (non-hydrogen) atoms. The lowest BCUT2D eigenvalue weighted by Gasteiger charge is -2.02. The van der Waals surface area contributed by atoms with E-state index in [0.717, 1.165) is 24.2 Å². The van der Waals surface area contributed by atoms with Crippen LogP contribution in [-0.4, -0.2) is 31.8 Å². The van der Waals surface area contributed by atoms with Gasteiger partial charge in [-0.1, -0.05) is 6.07 Å². The van der Waals surface area contributed by atoms with Gasteiger partial charge in [0.25, 0.3) is 0 Å². The van der Waals surface area contributed by atoms with Crippen LogP contribution in [0.1, 0.15) is 11.5 Å². The quantitative estimate of drug-likeness (QED) is 0.791. The van der Waals surface area contributed by atoms with Gasteiger partial charge in [0.1, 0.15) is 5.82 Å². The summed E-state index contributed by atoms with van der Waals surface area (Å²) in [5.41, 5.74) is 1.71. The van der Waals surface area contributed by atoms with Gasteiger partial charge in [-0.3, -0.25) is 0 Å². The number of halogens is 1. The third-order valence-electron chi connectivity index (χ3n) is 3.02. The molecule has 0 aliphatic heterocycles. The van der Waals surface area contributed by atoms with E-state index in [1.54, 1.807) is 19.4 Å². The van der Waals surface area contributed by atoms with Gasteiger partial charge >= 0.3 is 0 Å². The van der Waals surface area contributed by atoms with Crippen molar-refractivity contribution in [2.45, 2.75) is 13.3 Å². The SMILES string of the molecule is COCCNCCc1ncc(-c2cc(F)ccc2C)o1. The largest absolute Gasteiger partial charge is 0.441 e. The predicted molar refractivity (Wildman–Crippen MR) is 75.1 cm³/mol. The Morgan fingerprint density at radius 3 is 3.00 bits per heavy atom. The average Bonchev–Trinajstić information content (AvgIpc) is 2.90. The molecule has 2 aromatic rings. The summed E-state index contributed by atoms with van der Waals surface area (Å²) in [5.74, 6) is 0.979. The number of rotatable bonds is 7. The highest BCUT2D eigenvalue weighted by atomic mass is 19.1. The third-order valence-corrected chi connectivity index (χ3v) is 3.02. The van der Waals surface area contributed by atoms with Crippen LogP contribution in [0.5, 0.6) is 0 Å². The predicted octanol–water partition coefficient (Wildman–Crippen LogP) is 2.57. The number of aryl methyl sites for hydroxylation is 1. The van der Waals surface area contributed by atoms with Gasteiger partial charge in [0.15, 0.2) is 11.7 Å². The van der Waals surface area contributed by atoms with Crippen molar-refractivity contribution in [3.8, 4) is 11.3 Å². The molecule has 0 aliphatic rings. The lowest BCUT2D eigenvalue weighted by atomic mass is 10.1. The van der Waals surface area contributed by atoms with Crippen LogP contribution in [0.15, 0.2) is 28.8 Å². The van der Waals surface area contributed by atoms with Crippen LogP contribution >= 0.6 is 0 Å². The van der Waals surface area contributed by atoms with Crippen molar-refractivity contribution in [2.24, 2.45) is 0 Å². The van der Waals surface area contributed by atoms with Gasteiger partial charge in [0.05, 0.1) is 12.8 Å². The zero-order chi connectivity index (χ0) is 14.4. The van der Waals surface area contributed by atoms with E-state index in [2.05, 4.69) is 10.3 Å². The van der Waals surface area contributed by atoms with Gasteiger partial charge in [-0.05, 0) is 24.6 Å². The van der Waals surface area contributed by atoms with E-state index >= 15 is 0 Å². The second-order valence-electron chi connectivity index (χ2n) is 4.57. The maximum Gasteiger partial charge on any atom is 0.196 e. The number of methoxy groups -OCH3 is 1. The van der Waals surface area contributed by atoms with Crippen molar-refractivity contribution in [1.82, 2.24) is 10.3 Å². The molecule has 1 heterocycles. The summed E-state index contributed by atoms with van der Waals surface area (Å²) < 4.78 is 23.9. The molecule has 1 N–H and O–H groups in total. The van der Waals surface area contributed by atoms with Crippen molar-refractivity contribution in [1.29, 1.82) is 0 Å². The van der Waals surface area contributed by atoms with Crippen LogP contribution in [0.4, 0.5) is 4.39 Å². The smallest absolute Gasteiger partial charge is 0.196 e. The van der Waals surface area contributed by atoms with E-state index in [1.165, 1.54) is 12.1 Å². The second kappa shape index (κ2) is 7.17. The number of ether oxygens (including phenoxy) is 1. The Kier molecular flexibility index (Phi) is 5.26. The highest BCUT2D eigenvalue weighted by Crippen LogP contribution is 2.25. The topological polar surface area (TPSA) is 47.3 Å². The van der Waals surface area contributed by atoms with Crippen LogP contribution in [0, 0.1) is 12.7 Å². The van der Waals surface area contributed by atoms with E-state index in [1.807, 2.05) is 6.92 Å². The summed E-state index contributed by atoms with van der Waals surface area (Å²) in [6.45, 7) is 4.17. The first-order valence-corrected chi connectivity index (χ1v) is 6.61. The fraction of sp³-hybridized carbons (Fsp3) is 0.400. The molecule has 0 spiro atoms. The maximum absolute atomic E-state index is 13.3. The van der Waals surface area contributed by atoms with Crippen LogP contribution < -0.4 is 5.32 Å². The summed E-state index contributed by atoms with van der Waals surface area (Å²) in [6, 6.07) is 4.64. The van der Waals surface area contributed by atoms with Crippen LogP contribution in [0.2, 0.25) is 0 Å². The molecular weight excluding hydrogens is 259 g/mol. The molecule has 0 aliphatic carbocycles. The zero-order valence-corrected chi connectivity index (χ0v) is 11.8. The van der Waals surface area contributed by atoms with Crippen molar-refractivity contribution in [3.63, 3.8) is 0 Å². The number of hydrogen-bond donors (Lipinski definition) is 1. The van der Waals surface area contributed by atoms with Crippen LogP contribution in [0.3, 0.4) is 0 Å². The van der Waals surface area contributed by atoms with E-state index in [4.69, 9.17) is 9.15 Å². The molecule has 1 aromatic carbocycles. The minimum atomic E-state index is -0.273. The number of hydrogen-bond acceptors (Lipinski definition) is 4. The molecule has 2 rings (SSSR count). The molecule has 1 aromatic heterocycles. The second-order valence-corrected chi connectivity index (χ2v) is 4.57. The molecule has 0 saturated heterocycles. The number of oxazole rings is 1. The summed E-state index contributed by atoms with van der Waals surface area (Å²) in [4.78, 5) is 4.22. The molecule has 0 fully saturated rings. The first-order valence-electron chi connectivity index (χ1n) is 6.61. The number of aromatic nitrogens is 1. The molecule has 5 heteroatoms. The van der Waals surface area contributed by atoms with Crippen molar-refractivity contribution in [2.75, 3.05) is 26.8 Å². The Labute approximate surface area is 118 Å². The van der Waals surface area contributed by atoms with Crippen molar-refractivity contribution in [3.05, 3.63) is 41.7 Å². The lowest BCUT2D eigenvalue weighted by molar-refractivity contribution is 0.199. The fourth-order valence-corrected chi connectivity index (χ4v) is 1.90. The molecule has 4 nitrogen and oxygen atoms in total. The van der Waals surface area contributed by atoms with Crippen molar-refractivity contribution >= 4 is 0 Å². The number of benzene rings is 1. The molecule has 0 saturated carbocycles. The summed E-state index contributed by atoms with van der Waals surface area (Å²) in [6.07, 6.45) is 2.34. The zero-order valence-electron chi connectivity index (χ0n) is 11.8. The van der Waals surface area contributed by atoms with Gasteiger partial charge in [0.2, 0.25) is 0 Å². The van der Waals surface area contributed by atoms with Gasteiger partial charge in [-0.15, -0.1) is 0 Å². The molecule has 0 amide bonds. The van der Waals surface area contributed by atoms with E-state index < -0.39 is 0 Å². The first-order chi connectivity index (χ1) is 9.70. The van der Waals surface area contributed by atoms with Gasteiger partial charge in [-0.25, -0.2) is 9.37 Å². The van der Waals surface area contributed by atoms with Gasteiger partial charge < -0.3 is 14.5 Å².